The summed E-state index contributed by atoms with van der Waals surface area (Å²) in [6.45, 7) is 9.12. The van der Waals surface area contributed by atoms with Crippen LogP contribution in [-0.2, 0) is 31.5 Å². The monoisotopic (exact) mass is 671 g/mol. The number of nitrogens with two attached hydrogens (primary N) is 1. The summed E-state index contributed by atoms with van der Waals surface area (Å²) >= 11 is 14.0. The van der Waals surface area contributed by atoms with E-state index in [1.165, 1.54) is 11.8 Å². The van der Waals surface area contributed by atoms with Crippen LogP contribution in [-0.4, -0.2) is 35.2 Å². The van der Waals surface area contributed by atoms with Gasteiger partial charge in [0.1, 0.15) is 16.6 Å². The summed E-state index contributed by atoms with van der Waals surface area (Å²) in [5.41, 5.74) is 6.98. The second-order valence-corrected chi connectivity index (χ2v) is 14.1. The normalized spacial score (nSPS) is 11.7. The van der Waals surface area contributed by atoms with E-state index in [1.54, 1.807) is 12.1 Å². The van der Waals surface area contributed by atoms with Gasteiger partial charge in [-0.15, -0.1) is 0 Å². The predicted octanol–water partition coefficient (Wildman–Crippen LogP) is 9.27. The zero-order chi connectivity index (χ0) is 31.4. The first-order valence-electron chi connectivity index (χ1n) is 14.3. The van der Waals surface area contributed by atoms with E-state index in [4.69, 9.17) is 52.4 Å². The first-order chi connectivity index (χ1) is 20.5. The number of ether oxygens (including phenoxy) is 2. The Morgan fingerprint density at radius 3 is 2.28 bits per heavy atom. The number of carbonyl (C=O) groups is 1. The van der Waals surface area contributed by atoms with Crippen molar-refractivity contribution in [1.82, 2.24) is 9.55 Å². The molecular weight excluding hydrogens is 632 g/mol. The van der Waals surface area contributed by atoms with E-state index < -0.39 is 13.7 Å². The van der Waals surface area contributed by atoms with Crippen molar-refractivity contribution in [3.05, 3.63) is 69.6 Å². The second-order valence-electron chi connectivity index (χ2n) is 10.2. The van der Waals surface area contributed by atoms with Gasteiger partial charge in [0.2, 0.25) is 0 Å². The molecule has 13 heteroatoms. The molecule has 9 nitrogen and oxygen atoms in total. The lowest BCUT2D eigenvalue weighted by atomic mass is 10.1. The summed E-state index contributed by atoms with van der Waals surface area (Å²) in [6.07, 6.45) is 2.32. The van der Waals surface area contributed by atoms with Gasteiger partial charge in [-0.05, 0) is 54.7 Å². The van der Waals surface area contributed by atoms with Crippen molar-refractivity contribution >= 4 is 48.7 Å². The average Bonchev–Trinajstić information content (AvgIpc) is 3.27. The number of hydrogen-bond donors (Lipinski definition) is 1. The molecule has 1 heterocycles. The van der Waals surface area contributed by atoms with Crippen LogP contribution in [0, 0.1) is 0 Å². The number of rotatable bonds is 18. The molecule has 1 aromatic heterocycles. The summed E-state index contributed by atoms with van der Waals surface area (Å²) in [6, 6.07) is 12.8. The molecule has 0 aliphatic heterocycles. The number of unbranched alkanes of at least 4 members (excludes halogenated alkanes) is 2. The minimum Gasteiger partial charge on any atom is -0.481 e. The molecule has 0 unspecified atom stereocenters. The van der Waals surface area contributed by atoms with E-state index >= 15 is 0 Å². The zero-order valence-corrected chi connectivity index (χ0v) is 28.2. The fourth-order valence-corrected chi connectivity index (χ4v) is 7.23. The number of imidazole rings is 1. The van der Waals surface area contributed by atoms with Crippen LogP contribution in [0.5, 0.6) is 5.75 Å². The largest absolute Gasteiger partial charge is 0.481 e. The zero-order valence-electron chi connectivity index (χ0n) is 25.0. The van der Waals surface area contributed by atoms with E-state index in [1.807, 2.05) is 62.6 Å². The van der Waals surface area contributed by atoms with Gasteiger partial charge in [0.15, 0.2) is 13.0 Å². The highest BCUT2D eigenvalue weighted by molar-refractivity contribution is 7.99. The minimum atomic E-state index is -3.44. The second kappa shape index (κ2) is 17.3. The quantitative estimate of drug-likeness (QED) is 0.105. The van der Waals surface area contributed by atoms with Gasteiger partial charge in [-0.2, -0.15) is 0 Å². The maximum atomic E-state index is 13.4. The molecule has 0 saturated carbocycles. The molecule has 3 rings (SSSR count). The molecule has 3 aromatic rings. The van der Waals surface area contributed by atoms with Crippen LogP contribution in [0.15, 0.2) is 52.4 Å². The fraction of sp³-hybridized carbons (Fsp3) is 0.467. The van der Waals surface area contributed by atoms with Crippen LogP contribution in [0.1, 0.15) is 76.4 Å². The lowest BCUT2D eigenvalue weighted by Gasteiger charge is -2.19. The van der Waals surface area contributed by atoms with Gasteiger partial charge < -0.3 is 28.8 Å². The van der Waals surface area contributed by atoms with E-state index in [-0.39, 0.29) is 18.9 Å². The van der Waals surface area contributed by atoms with Crippen molar-refractivity contribution in [2.75, 3.05) is 19.6 Å². The Hall–Kier alpha value is -2.20. The number of hydrogen-bond acceptors (Lipinski definition) is 8. The first-order valence-corrected chi connectivity index (χ1v) is 17.6. The van der Waals surface area contributed by atoms with Gasteiger partial charge in [0, 0.05) is 14.9 Å². The number of carbonyl (C=O) groups excluding carboxylic acids is 1. The molecule has 0 atom stereocenters. The highest BCUT2D eigenvalue weighted by Crippen LogP contribution is 2.48. The molecule has 0 saturated heterocycles. The number of nitrogens with zero attached hydrogens (tertiary/aromatic N) is 2. The van der Waals surface area contributed by atoms with Gasteiger partial charge in [-0.3, -0.25) is 4.57 Å². The lowest BCUT2D eigenvalue weighted by Crippen LogP contribution is -2.15. The van der Waals surface area contributed by atoms with Crippen molar-refractivity contribution < 1.29 is 27.9 Å². The van der Waals surface area contributed by atoms with Crippen LogP contribution in [0.3, 0.4) is 0 Å². The van der Waals surface area contributed by atoms with Crippen LogP contribution in [0.25, 0.3) is 0 Å². The Morgan fingerprint density at radius 2 is 1.70 bits per heavy atom. The van der Waals surface area contributed by atoms with Crippen molar-refractivity contribution in [1.29, 1.82) is 0 Å². The number of aromatic nitrogens is 2. The van der Waals surface area contributed by atoms with E-state index in [0.29, 0.717) is 41.4 Å². The molecule has 2 N–H and O–H groups in total. The van der Waals surface area contributed by atoms with Gasteiger partial charge in [0.25, 0.3) is 0 Å². The van der Waals surface area contributed by atoms with Crippen molar-refractivity contribution in [3.8, 4) is 5.75 Å². The molecular formula is C30H40Cl2N3O6PS. The van der Waals surface area contributed by atoms with Crippen molar-refractivity contribution in [3.63, 3.8) is 0 Å². The van der Waals surface area contributed by atoms with Crippen LogP contribution < -0.4 is 10.5 Å². The molecule has 0 aliphatic rings. The number of amides is 1. The summed E-state index contributed by atoms with van der Waals surface area (Å²) in [4.78, 5) is 17.1. The van der Waals surface area contributed by atoms with Gasteiger partial charge in [0.05, 0.1) is 25.5 Å². The first kappa shape index (κ1) is 35.3. The van der Waals surface area contributed by atoms with Crippen LogP contribution >= 0.6 is 42.6 Å². The fourth-order valence-electron chi connectivity index (χ4n) is 3.97. The Kier molecular flexibility index (Phi) is 14.2. The molecule has 0 bridgehead atoms. The summed E-state index contributed by atoms with van der Waals surface area (Å²) in [5.74, 6) is 1.11. The highest BCUT2D eigenvalue weighted by atomic mass is 35.5. The molecule has 2 aromatic carbocycles. The smallest absolute Gasteiger partial charge is 0.404 e. The molecule has 1 amide bonds. The predicted molar refractivity (Wildman–Crippen MR) is 172 cm³/mol. The Balaban J connectivity index is 1.91. The maximum Gasteiger partial charge on any atom is 0.404 e. The maximum absolute atomic E-state index is 13.4. The molecule has 0 fully saturated rings. The minimum absolute atomic E-state index is 0.0648. The Morgan fingerprint density at radius 1 is 1.05 bits per heavy atom. The summed E-state index contributed by atoms with van der Waals surface area (Å²) in [5, 5.41) is 1.88. The molecule has 43 heavy (non-hydrogen) atoms. The molecule has 236 valence electrons. The third kappa shape index (κ3) is 11.3. The number of benzene rings is 2. The lowest BCUT2D eigenvalue weighted by molar-refractivity contribution is 0.145. The van der Waals surface area contributed by atoms with Gasteiger partial charge in [-0.1, -0.05) is 87.6 Å². The van der Waals surface area contributed by atoms with Gasteiger partial charge >= 0.3 is 13.7 Å². The van der Waals surface area contributed by atoms with E-state index in [0.717, 1.165) is 46.9 Å². The third-order valence-electron chi connectivity index (χ3n) is 6.17. The number of primary amides is 1. The molecule has 0 aliphatic carbocycles. The summed E-state index contributed by atoms with van der Waals surface area (Å²) in [7, 11) is -3.44. The topological polar surface area (TPSA) is 115 Å². The van der Waals surface area contributed by atoms with Crippen LogP contribution in [0.4, 0.5) is 4.79 Å². The SMILES string of the molecule is CCCCOP(=O)(COc1cccc(Cn2c(COC(N)=O)nc(C(C)C)c2Sc2cc(Cl)cc(Cl)c2)c1)OCCCC. The van der Waals surface area contributed by atoms with Crippen molar-refractivity contribution in [2.24, 2.45) is 5.73 Å². The van der Waals surface area contributed by atoms with E-state index in [9.17, 15) is 9.36 Å². The Labute approximate surface area is 268 Å². The Bertz CT molecular complexity index is 1370. The van der Waals surface area contributed by atoms with Gasteiger partial charge in [-0.25, -0.2) is 9.78 Å². The van der Waals surface area contributed by atoms with E-state index in [2.05, 4.69) is 0 Å². The summed E-state index contributed by atoms with van der Waals surface area (Å²) < 4.78 is 37.8. The molecule has 0 radical (unpaired) electrons. The standard InChI is InChI=1S/C30H40Cl2N3O6PS/c1-5-7-12-40-42(37,41-13-8-6-2)20-39-25-11-9-10-22(14-25)18-35-27(19-38-30(33)36)34-28(21(3)4)29(35)43-26-16-23(31)15-24(32)17-26/h9-11,14-17,21H,5-8,12-13,18-20H2,1-4H3,(H2,33,36). The number of halogens is 2. The van der Waals surface area contributed by atoms with Crippen molar-refractivity contribution in [2.45, 2.75) is 82.4 Å². The molecule has 0 spiro atoms. The highest BCUT2D eigenvalue weighted by Gasteiger charge is 2.26. The average molecular weight is 673 g/mol. The van der Waals surface area contributed by atoms with Crippen LogP contribution in [0.2, 0.25) is 10.0 Å². The third-order valence-corrected chi connectivity index (χ3v) is 9.29.